The molecule has 1 unspecified atom stereocenters. The maximum Gasteiger partial charge on any atom is 0.328 e. The summed E-state index contributed by atoms with van der Waals surface area (Å²) in [5, 5.41) is 3.26. The molecule has 0 aliphatic heterocycles. The van der Waals surface area contributed by atoms with Gasteiger partial charge in [-0.1, -0.05) is 42.6 Å². The lowest BCUT2D eigenvalue weighted by molar-refractivity contribution is -0.142. The van der Waals surface area contributed by atoms with E-state index in [1.54, 1.807) is 0 Å². The van der Waals surface area contributed by atoms with Gasteiger partial charge in [-0.25, -0.2) is 4.79 Å². The van der Waals surface area contributed by atoms with Crippen molar-refractivity contribution >= 4 is 27.6 Å². The number of anilines is 1. The van der Waals surface area contributed by atoms with Crippen LogP contribution in [0.15, 0.2) is 28.7 Å². The molecule has 100 valence electrons. The first-order chi connectivity index (χ1) is 8.62. The number of hydrogen-bond acceptors (Lipinski definition) is 3. The fourth-order valence-electron chi connectivity index (χ4n) is 1.98. The Balaban J connectivity index is 2.84. The Labute approximate surface area is 117 Å². The van der Waals surface area contributed by atoms with Gasteiger partial charge in [0.15, 0.2) is 0 Å². The van der Waals surface area contributed by atoms with Crippen LogP contribution in [-0.4, -0.2) is 19.1 Å². The maximum absolute atomic E-state index is 11.8. The van der Waals surface area contributed by atoms with Gasteiger partial charge in [-0.05, 0) is 30.2 Å². The van der Waals surface area contributed by atoms with E-state index in [0.717, 1.165) is 23.0 Å². The summed E-state index contributed by atoms with van der Waals surface area (Å²) in [4.78, 5) is 11.8. The Hall–Kier alpha value is -1.03. The molecule has 1 N–H and O–H groups in total. The van der Waals surface area contributed by atoms with Gasteiger partial charge in [-0.2, -0.15) is 0 Å². The molecule has 0 aliphatic rings. The zero-order chi connectivity index (χ0) is 13.5. The van der Waals surface area contributed by atoms with E-state index in [1.165, 1.54) is 7.11 Å². The van der Waals surface area contributed by atoms with Crippen LogP contribution >= 0.6 is 15.9 Å². The lowest BCUT2D eigenvalue weighted by Gasteiger charge is -2.25. The van der Waals surface area contributed by atoms with Crippen molar-refractivity contribution in [2.45, 2.75) is 32.7 Å². The molecule has 0 bridgehead atoms. The second kappa shape index (κ2) is 7.41. The standard InChI is InChI=1S/C14H20BrNO2/c1-4-10(5-2)13(14(17)18-3)16-12-8-6-11(15)7-9-12/h6-10,13,16H,4-5H2,1-3H3. The topological polar surface area (TPSA) is 38.3 Å². The second-order valence-electron chi connectivity index (χ2n) is 4.23. The van der Waals surface area contributed by atoms with Crippen molar-refractivity contribution in [2.24, 2.45) is 5.92 Å². The van der Waals surface area contributed by atoms with Crippen LogP contribution in [0.3, 0.4) is 0 Å². The molecule has 0 aromatic heterocycles. The molecule has 1 atom stereocenters. The molecule has 1 aromatic rings. The van der Waals surface area contributed by atoms with Crippen molar-refractivity contribution in [3.8, 4) is 0 Å². The van der Waals surface area contributed by atoms with Gasteiger partial charge < -0.3 is 10.1 Å². The molecule has 0 saturated heterocycles. The van der Waals surface area contributed by atoms with Crippen LogP contribution in [0.25, 0.3) is 0 Å². The zero-order valence-electron chi connectivity index (χ0n) is 11.1. The molecular weight excluding hydrogens is 294 g/mol. The van der Waals surface area contributed by atoms with Gasteiger partial charge in [0.25, 0.3) is 0 Å². The summed E-state index contributed by atoms with van der Waals surface area (Å²) < 4.78 is 5.90. The smallest absolute Gasteiger partial charge is 0.328 e. The van der Waals surface area contributed by atoms with Gasteiger partial charge in [-0.15, -0.1) is 0 Å². The lowest BCUT2D eigenvalue weighted by Crippen LogP contribution is -2.37. The Morgan fingerprint density at radius 1 is 1.28 bits per heavy atom. The molecule has 1 aromatic carbocycles. The third-order valence-corrected chi connectivity index (χ3v) is 3.67. The van der Waals surface area contributed by atoms with Crippen molar-refractivity contribution in [3.05, 3.63) is 28.7 Å². The van der Waals surface area contributed by atoms with Crippen molar-refractivity contribution in [1.29, 1.82) is 0 Å². The van der Waals surface area contributed by atoms with Crippen LogP contribution in [0.1, 0.15) is 26.7 Å². The SMILES string of the molecule is CCC(CC)C(Nc1ccc(Br)cc1)C(=O)OC. The van der Waals surface area contributed by atoms with Crippen LogP contribution in [0, 0.1) is 5.92 Å². The van der Waals surface area contributed by atoms with Crippen LogP contribution in [0.2, 0.25) is 0 Å². The minimum Gasteiger partial charge on any atom is -0.467 e. The van der Waals surface area contributed by atoms with E-state index in [1.807, 2.05) is 24.3 Å². The summed E-state index contributed by atoms with van der Waals surface area (Å²) in [5.41, 5.74) is 0.931. The molecule has 4 heteroatoms. The van der Waals surface area contributed by atoms with E-state index < -0.39 is 0 Å². The molecule has 0 spiro atoms. The fraction of sp³-hybridized carbons (Fsp3) is 0.500. The van der Waals surface area contributed by atoms with Crippen molar-refractivity contribution in [1.82, 2.24) is 0 Å². The minimum atomic E-state index is -0.286. The van der Waals surface area contributed by atoms with E-state index in [9.17, 15) is 4.79 Å². The van der Waals surface area contributed by atoms with E-state index in [-0.39, 0.29) is 17.9 Å². The maximum atomic E-state index is 11.8. The summed E-state index contributed by atoms with van der Waals surface area (Å²) in [5.74, 6) is 0.0766. The average molecular weight is 314 g/mol. The highest BCUT2D eigenvalue weighted by Crippen LogP contribution is 2.21. The lowest BCUT2D eigenvalue weighted by atomic mass is 9.94. The predicted molar refractivity (Wildman–Crippen MR) is 77.6 cm³/mol. The zero-order valence-corrected chi connectivity index (χ0v) is 12.7. The summed E-state index contributed by atoms with van der Waals surface area (Å²) in [6, 6.07) is 7.50. The van der Waals surface area contributed by atoms with Crippen LogP contribution in [-0.2, 0) is 9.53 Å². The number of carbonyl (C=O) groups excluding carboxylic acids is 1. The number of esters is 1. The third kappa shape index (κ3) is 4.02. The molecule has 0 heterocycles. The highest BCUT2D eigenvalue weighted by molar-refractivity contribution is 9.10. The van der Waals surface area contributed by atoms with Crippen molar-refractivity contribution in [2.75, 3.05) is 12.4 Å². The highest BCUT2D eigenvalue weighted by Gasteiger charge is 2.26. The van der Waals surface area contributed by atoms with Crippen molar-refractivity contribution < 1.29 is 9.53 Å². The molecule has 1 rings (SSSR count). The van der Waals surface area contributed by atoms with E-state index in [0.29, 0.717) is 0 Å². The summed E-state index contributed by atoms with van der Waals surface area (Å²) in [6.07, 6.45) is 1.89. The van der Waals surface area contributed by atoms with Gasteiger partial charge in [0.1, 0.15) is 6.04 Å². The Morgan fingerprint density at radius 3 is 2.28 bits per heavy atom. The number of hydrogen-bond donors (Lipinski definition) is 1. The molecule has 0 radical (unpaired) electrons. The first kappa shape index (κ1) is 15.0. The molecule has 3 nitrogen and oxygen atoms in total. The highest BCUT2D eigenvalue weighted by atomic mass is 79.9. The van der Waals surface area contributed by atoms with Gasteiger partial charge in [-0.3, -0.25) is 0 Å². The number of rotatable bonds is 6. The molecule has 0 saturated carbocycles. The molecular formula is C14H20BrNO2. The van der Waals surface area contributed by atoms with E-state index in [2.05, 4.69) is 35.1 Å². The number of methoxy groups -OCH3 is 1. The van der Waals surface area contributed by atoms with Crippen molar-refractivity contribution in [3.63, 3.8) is 0 Å². The fourth-order valence-corrected chi connectivity index (χ4v) is 2.25. The van der Waals surface area contributed by atoms with Gasteiger partial charge in [0.05, 0.1) is 7.11 Å². The Morgan fingerprint density at radius 2 is 1.83 bits per heavy atom. The largest absolute Gasteiger partial charge is 0.467 e. The monoisotopic (exact) mass is 313 g/mol. The van der Waals surface area contributed by atoms with Gasteiger partial charge >= 0.3 is 5.97 Å². The molecule has 18 heavy (non-hydrogen) atoms. The number of benzene rings is 1. The van der Waals surface area contributed by atoms with E-state index in [4.69, 9.17) is 4.74 Å². The molecule has 0 amide bonds. The van der Waals surface area contributed by atoms with Gasteiger partial charge in [0.2, 0.25) is 0 Å². The normalized spacial score (nSPS) is 12.3. The predicted octanol–water partition coefficient (Wildman–Crippen LogP) is 3.84. The molecule has 0 aliphatic carbocycles. The van der Waals surface area contributed by atoms with Crippen LogP contribution in [0.5, 0.6) is 0 Å². The Bertz CT molecular complexity index is 374. The second-order valence-corrected chi connectivity index (χ2v) is 5.14. The third-order valence-electron chi connectivity index (χ3n) is 3.14. The minimum absolute atomic E-state index is 0.202. The average Bonchev–Trinajstić information content (AvgIpc) is 2.40. The molecule has 0 fully saturated rings. The van der Waals surface area contributed by atoms with Crippen LogP contribution < -0.4 is 5.32 Å². The number of nitrogens with one attached hydrogen (secondary N) is 1. The van der Waals surface area contributed by atoms with E-state index >= 15 is 0 Å². The summed E-state index contributed by atoms with van der Waals surface area (Å²) >= 11 is 3.39. The van der Waals surface area contributed by atoms with Gasteiger partial charge in [0, 0.05) is 10.2 Å². The number of carbonyl (C=O) groups is 1. The first-order valence-electron chi connectivity index (χ1n) is 6.22. The number of halogens is 1. The summed E-state index contributed by atoms with van der Waals surface area (Å²) in [6.45, 7) is 4.18. The first-order valence-corrected chi connectivity index (χ1v) is 7.01. The van der Waals surface area contributed by atoms with Crippen LogP contribution in [0.4, 0.5) is 5.69 Å². The Kier molecular flexibility index (Phi) is 6.19. The quantitative estimate of drug-likeness (QED) is 0.811. The summed E-state index contributed by atoms with van der Waals surface area (Å²) in [7, 11) is 1.43. The number of ether oxygens (including phenoxy) is 1.